The lowest BCUT2D eigenvalue weighted by atomic mass is 10.6. The molecule has 1 rings (SSSR count). The van der Waals surface area contributed by atoms with Gasteiger partial charge in [-0.2, -0.15) is 5.10 Å². The second kappa shape index (κ2) is 3.38. The van der Waals surface area contributed by atoms with Gasteiger partial charge in [0, 0.05) is 7.05 Å². The Morgan fingerprint density at radius 3 is 2.60 bits per heavy atom. The fourth-order valence-electron chi connectivity index (χ4n) is 0.548. The van der Waals surface area contributed by atoms with Crippen LogP contribution in [-0.4, -0.2) is 14.8 Å². The van der Waals surface area contributed by atoms with Crippen LogP contribution in [0.2, 0.25) is 0 Å². The second-order valence-electron chi connectivity index (χ2n) is 1.70. The van der Waals surface area contributed by atoms with Crippen LogP contribution in [0, 0.1) is 0 Å². The highest BCUT2D eigenvalue weighted by Gasteiger charge is 1.95. The molecule has 0 fully saturated rings. The largest absolute Gasteiger partial charge is 0.343 e. The standard InChI is InChI=1S/C4H8N4O.ClH/c1-8-4(9)6-3(2-5)7-8;/h2,5H2,1H3,(H,6,7,9);1H. The Kier molecular flexibility index (Phi) is 3.11. The summed E-state index contributed by atoms with van der Waals surface area (Å²) in [6.45, 7) is 0.274. The van der Waals surface area contributed by atoms with Crippen LogP contribution >= 0.6 is 12.4 Å². The molecule has 0 aliphatic heterocycles. The zero-order valence-corrected chi connectivity index (χ0v) is 6.31. The third kappa shape index (κ3) is 1.58. The van der Waals surface area contributed by atoms with Gasteiger partial charge in [0.25, 0.3) is 0 Å². The molecule has 0 aromatic carbocycles. The zero-order chi connectivity index (χ0) is 6.85. The van der Waals surface area contributed by atoms with Gasteiger partial charge < -0.3 is 5.73 Å². The molecular weight excluding hydrogens is 156 g/mol. The number of halogens is 1. The first-order chi connectivity index (χ1) is 4.24. The van der Waals surface area contributed by atoms with Crippen molar-refractivity contribution >= 4 is 12.4 Å². The van der Waals surface area contributed by atoms with Crippen LogP contribution in [0.3, 0.4) is 0 Å². The minimum absolute atomic E-state index is 0. The second-order valence-corrected chi connectivity index (χ2v) is 1.70. The van der Waals surface area contributed by atoms with Gasteiger partial charge in [-0.05, 0) is 0 Å². The first-order valence-electron chi connectivity index (χ1n) is 2.56. The van der Waals surface area contributed by atoms with Crippen LogP contribution in [0.4, 0.5) is 0 Å². The fraction of sp³-hybridized carbons (Fsp3) is 0.500. The maximum absolute atomic E-state index is 10.6. The lowest BCUT2D eigenvalue weighted by Crippen LogP contribution is -2.13. The van der Waals surface area contributed by atoms with E-state index in [1.807, 2.05) is 0 Å². The Hall–Kier alpha value is -0.810. The summed E-state index contributed by atoms with van der Waals surface area (Å²) in [5.74, 6) is 0.516. The molecule has 5 nitrogen and oxygen atoms in total. The van der Waals surface area contributed by atoms with E-state index in [1.165, 1.54) is 4.68 Å². The number of aryl methyl sites for hydroxylation is 1. The number of nitrogens with one attached hydrogen (secondary N) is 1. The van der Waals surface area contributed by atoms with Crippen molar-refractivity contribution in [1.29, 1.82) is 0 Å². The Bertz CT molecular complexity index is 252. The SMILES string of the molecule is Cl.Cn1nc(CN)[nH]c1=O. The molecule has 0 amide bonds. The van der Waals surface area contributed by atoms with E-state index >= 15 is 0 Å². The topological polar surface area (TPSA) is 76.7 Å². The monoisotopic (exact) mass is 164 g/mol. The number of aromatic nitrogens is 3. The molecule has 0 aliphatic rings. The van der Waals surface area contributed by atoms with E-state index in [1.54, 1.807) is 7.05 Å². The van der Waals surface area contributed by atoms with E-state index in [-0.39, 0.29) is 24.6 Å². The Balaban J connectivity index is 0.000000810. The average Bonchev–Trinajstić information content (AvgIpc) is 2.13. The summed E-state index contributed by atoms with van der Waals surface area (Å²) in [5, 5.41) is 3.75. The zero-order valence-electron chi connectivity index (χ0n) is 5.50. The predicted molar refractivity (Wildman–Crippen MR) is 39.0 cm³/mol. The van der Waals surface area contributed by atoms with Crippen LogP contribution in [-0.2, 0) is 13.6 Å². The van der Waals surface area contributed by atoms with Crippen molar-refractivity contribution in [2.45, 2.75) is 6.54 Å². The maximum Gasteiger partial charge on any atom is 0.343 e. The van der Waals surface area contributed by atoms with Crippen molar-refractivity contribution in [3.05, 3.63) is 16.3 Å². The molecule has 0 bridgehead atoms. The molecule has 58 valence electrons. The van der Waals surface area contributed by atoms with Gasteiger partial charge in [0.1, 0.15) is 5.82 Å². The molecule has 1 heterocycles. The van der Waals surface area contributed by atoms with E-state index in [9.17, 15) is 4.79 Å². The third-order valence-electron chi connectivity index (χ3n) is 1.01. The van der Waals surface area contributed by atoms with Crippen molar-refractivity contribution in [3.63, 3.8) is 0 Å². The van der Waals surface area contributed by atoms with Crippen molar-refractivity contribution in [1.82, 2.24) is 14.8 Å². The molecule has 10 heavy (non-hydrogen) atoms. The Morgan fingerprint density at radius 2 is 2.40 bits per heavy atom. The number of hydrogen-bond donors (Lipinski definition) is 2. The molecule has 0 saturated carbocycles. The van der Waals surface area contributed by atoms with Gasteiger partial charge in [-0.25, -0.2) is 9.48 Å². The fourth-order valence-corrected chi connectivity index (χ4v) is 0.548. The van der Waals surface area contributed by atoms with Crippen LogP contribution in [0.25, 0.3) is 0 Å². The summed E-state index contributed by atoms with van der Waals surface area (Å²) >= 11 is 0. The lowest BCUT2D eigenvalue weighted by molar-refractivity contribution is 0.719. The van der Waals surface area contributed by atoms with Crippen LogP contribution in [0.1, 0.15) is 5.82 Å². The van der Waals surface area contributed by atoms with Gasteiger partial charge in [-0.15, -0.1) is 12.4 Å². The van der Waals surface area contributed by atoms with Gasteiger partial charge in [-0.3, -0.25) is 4.98 Å². The van der Waals surface area contributed by atoms with E-state index in [4.69, 9.17) is 5.73 Å². The van der Waals surface area contributed by atoms with Crippen LogP contribution < -0.4 is 11.4 Å². The first kappa shape index (κ1) is 9.19. The molecule has 0 atom stereocenters. The molecule has 0 spiro atoms. The highest BCUT2D eigenvalue weighted by molar-refractivity contribution is 5.85. The Morgan fingerprint density at radius 1 is 1.80 bits per heavy atom. The van der Waals surface area contributed by atoms with E-state index in [2.05, 4.69) is 10.1 Å². The molecule has 0 radical (unpaired) electrons. The van der Waals surface area contributed by atoms with Gasteiger partial charge in [0.05, 0.1) is 6.54 Å². The molecule has 6 heteroatoms. The predicted octanol–water partition coefficient (Wildman–Crippen LogP) is -1.01. The van der Waals surface area contributed by atoms with E-state index in [0.717, 1.165) is 0 Å². The average molecular weight is 165 g/mol. The molecule has 1 aromatic rings. The van der Waals surface area contributed by atoms with Crippen molar-refractivity contribution in [2.24, 2.45) is 12.8 Å². The number of nitrogens with two attached hydrogens (primary N) is 1. The highest BCUT2D eigenvalue weighted by atomic mass is 35.5. The molecule has 0 aliphatic carbocycles. The van der Waals surface area contributed by atoms with Crippen LogP contribution in [0.15, 0.2) is 4.79 Å². The van der Waals surface area contributed by atoms with Crippen LogP contribution in [0.5, 0.6) is 0 Å². The van der Waals surface area contributed by atoms with Gasteiger partial charge >= 0.3 is 5.69 Å². The Labute approximate surface area is 63.6 Å². The van der Waals surface area contributed by atoms with E-state index < -0.39 is 0 Å². The first-order valence-corrected chi connectivity index (χ1v) is 2.56. The van der Waals surface area contributed by atoms with E-state index in [0.29, 0.717) is 5.82 Å². The number of H-pyrrole nitrogens is 1. The molecule has 1 aromatic heterocycles. The quantitative estimate of drug-likeness (QED) is 0.559. The summed E-state index contributed by atoms with van der Waals surface area (Å²) in [5.41, 5.74) is 4.96. The lowest BCUT2D eigenvalue weighted by Gasteiger charge is -1.81. The van der Waals surface area contributed by atoms with Crippen molar-refractivity contribution in [2.75, 3.05) is 0 Å². The third-order valence-corrected chi connectivity index (χ3v) is 1.01. The number of rotatable bonds is 1. The normalized spacial score (nSPS) is 9.00. The van der Waals surface area contributed by atoms with Gasteiger partial charge in [0.15, 0.2) is 0 Å². The summed E-state index contributed by atoms with van der Waals surface area (Å²) < 4.78 is 1.21. The summed E-state index contributed by atoms with van der Waals surface area (Å²) in [6, 6.07) is 0. The molecule has 0 saturated heterocycles. The summed E-state index contributed by atoms with van der Waals surface area (Å²) in [4.78, 5) is 13.1. The number of nitrogens with zero attached hydrogens (tertiary/aromatic N) is 2. The molecular formula is C4H9ClN4O. The number of aromatic amines is 1. The maximum atomic E-state index is 10.6. The molecule has 3 N–H and O–H groups in total. The van der Waals surface area contributed by atoms with Crippen molar-refractivity contribution < 1.29 is 0 Å². The van der Waals surface area contributed by atoms with Gasteiger partial charge in [-0.1, -0.05) is 0 Å². The smallest absolute Gasteiger partial charge is 0.324 e. The van der Waals surface area contributed by atoms with Crippen molar-refractivity contribution in [3.8, 4) is 0 Å². The molecule has 0 unspecified atom stereocenters. The highest BCUT2D eigenvalue weighted by Crippen LogP contribution is 1.76. The minimum Gasteiger partial charge on any atom is -0.324 e. The van der Waals surface area contributed by atoms with Gasteiger partial charge in [0.2, 0.25) is 0 Å². The summed E-state index contributed by atoms with van der Waals surface area (Å²) in [6.07, 6.45) is 0. The minimum atomic E-state index is -0.226. The number of hydrogen-bond acceptors (Lipinski definition) is 3. The summed E-state index contributed by atoms with van der Waals surface area (Å²) in [7, 11) is 1.57.